The van der Waals surface area contributed by atoms with Crippen molar-refractivity contribution in [3.8, 4) is 0 Å². The summed E-state index contributed by atoms with van der Waals surface area (Å²) in [4.78, 5) is 5.39. The Balaban J connectivity index is 1.19. The van der Waals surface area contributed by atoms with Gasteiger partial charge in [0.15, 0.2) is 0 Å². The lowest BCUT2D eigenvalue weighted by Crippen LogP contribution is -2.53. The second-order valence-corrected chi connectivity index (χ2v) is 24.0. The second-order valence-electron chi connectivity index (χ2n) is 15.8. The van der Waals surface area contributed by atoms with Gasteiger partial charge < -0.3 is 9.80 Å². The molecule has 0 N–H and O–H groups in total. The van der Waals surface area contributed by atoms with E-state index >= 15 is 0 Å². The fourth-order valence-corrected chi connectivity index (χ4v) is 14.7. The fourth-order valence-electron chi connectivity index (χ4n) is 8.92. The van der Waals surface area contributed by atoms with Crippen molar-refractivity contribution < 1.29 is 16.8 Å². The van der Waals surface area contributed by atoms with Crippen LogP contribution >= 0.6 is 0 Å². The third kappa shape index (κ3) is 6.03. The van der Waals surface area contributed by atoms with E-state index in [0.29, 0.717) is 32.3 Å². The maximum atomic E-state index is 14.1. The molecule has 0 aromatic heterocycles. The Kier molecular flexibility index (Phi) is 9.02. The SMILES string of the molecule is C[Si](C)(c1ccc(N(c2ccccc2)c2ccccc2)cc1)c1cc(C2c3ccccc3S(=O)(=O)c3ccccc32)cc(N2c3ccccc3S(=O)(=O)c3ccccc32)c1. The third-order valence-electron chi connectivity index (χ3n) is 12.0. The van der Waals surface area contributed by atoms with Crippen LogP contribution in [0.15, 0.2) is 220 Å². The Morgan fingerprint density at radius 2 is 0.850 bits per heavy atom. The molecule has 0 fully saturated rings. The van der Waals surface area contributed by atoms with Crippen LogP contribution in [0.1, 0.15) is 22.6 Å². The second kappa shape index (κ2) is 14.3. The van der Waals surface area contributed by atoms with Crippen LogP contribution in [0.5, 0.6) is 0 Å². The van der Waals surface area contributed by atoms with Crippen LogP contribution in [-0.4, -0.2) is 24.9 Å². The molecule has 8 aromatic rings. The molecule has 60 heavy (non-hydrogen) atoms. The molecule has 0 spiro atoms. The van der Waals surface area contributed by atoms with Crippen molar-refractivity contribution in [2.24, 2.45) is 0 Å². The zero-order valence-electron chi connectivity index (χ0n) is 33.0. The van der Waals surface area contributed by atoms with Crippen molar-refractivity contribution in [3.05, 3.63) is 217 Å². The maximum Gasteiger partial charge on any atom is 0.210 e. The van der Waals surface area contributed by atoms with Crippen LogP contribution in [0.3, 0.4) is 0 Å². The van der Waals surface area contributed by atoms with Gasteiger partial charge in [0.25, 0.3) is 0 Å². The van der Waals surface area contributed by atoms with Gasteiger partial charge in [-0.2, -0.15) is 0 Å². The average molecular weight is 837 g/mol. The van der Waals surface area contributed by atoms with Crippen molar-refractivity contribution >= 4 is 72.2 Å². The Labute approximate surface area is 352 Å². The predicted molar refractivity (Wildman–Crippen MR) is 244 cm³/mol. The first-order valence-electron chi connectivity index (χ1n) is 19.9. The molecule has 0 unspecified atom stereocenters. The highest BCUT2D eigenvalue weighted by Crippen LogP contribution is 2.50. The predicted octanol–water partition coefficient (Wildman–Crippen LogP) is 10.9. The number of sulfone groups is 2. The van der Waals surface area contributed by atoms with Crippen molar-refractivity contribution in [1.29, 1.82) is 0 Å². The summed E-state index contributed by atoms with van der Waals surface area (Å²) in [5.74, 6) is -0.406. The quantitative estimate of drug-likeness (QED) is 0.149. The Bertz CT molecular complexity index is 2880. The summed E-state index contributed by atoms with van der Waals surface area (Å²) in [6.45, 7) is 4.68. The van der Waals surface area contributed by atoms with Crippen LogP contribution in [-0.2, 0) is 19.7 Å². The van der Waals surface area contributed by atoms with Gasteiger partial charge in [0.2, 0.25) is 19.7 Å². The number of fused-ring (bicyclic) bond motifs is 4. The topological polar surface area (TPSA) is 74.8 Å². The molecule has 6 nitrogen and oxygen atoms in total. The minimum Gasteiger partial charge on any atom is -0.311 e. The summed E-state index contributed by atoms with van der Waals surface area (Å²) < 4.78 is 56.5. The Morgan fingerprint density at radius 1 is 0.433 bits per heavy atom. The van der Waals surface area contributed by atoms with Crippen molar-refractivity contribution in [2.75, 3.05) is 9.80 Å². The number of benzene rings is 8. The molecule has 2 heterocycles. The van der Waals surface area contributed by atoms with Crippen LogP contribution in [0.2, 0.25) is 13.1 Å². The zero-order chi connectivity index (χ0) is 41.2. The molecule has 294 valence electrons. The summed E-state index contributed by atoms with van der Waals surface area (Å²) in [7, 11) is -10.1. The molecular weight excluding hydrogens is 797 g/mol. The molecule has 0 atom stereocenters. The van der Waals surface area contributed by atoms with Gasteiger partial charge in [0, 0.05) is 28.7 Å². The van der Waals surface area contributed by atoms with E-state index in [1.165, 1.54) is 5.19 Å². The van der Waals surface area contributed by atoms with Crippen molar-refractivity contribution in [2.45, 2.75) is 38.6 Å². The highest BCUT2D eigenvalue weighted by molar-refractivity contribution is 7.92. The minimum atomic E-state index is -3.80. The van der Waals surface area contributed by atoms with Gasteiger partial charge in [-0.05, 0) is 102 Å². The number of nitrogens with zero attached hydrogens (tertiary/aromatic N) is 2. The summed E-state index contributed by atoms with van der Waals surface area (Å²) in [5.41, 5.74) is 7.45. The molecule has 2 aliphatic heterocycles. The normalized spacial score (nSPS) is 14.9. The Morgan fingerprint density at radius 3 is 1.37 bits per heavy atom. The first-order chi connectivity index (χ1) is 29.0. The van der Waals surface area contributed by atoms with E-state index in [0.717, 1.165) is 33.5 Å². The van der Waals surface area contributed by atoms with Crippen LogP contribution < -0.4 is 20.2 Å². The van der Waals surface area contributed by atoms with Gasteiger partial charge >= 0.3 is 0 Å². The minimum absolute atomic E-state index is 0.239. The maximum absolute atomic E-state index is 14.1. The average Bonchev–Trinajstić information content (AvgIpc) is 3.28. The Hall–Kier alpha value is -6.52. The van der Waals surface area contributed by atoms with Gasteiger partial charge in [0.05, 0.1) is 31.0 Å². The van der Waals surface area contributed by atoms with E-state index < -0.39 is 33.7 Å². The van der Waals surface area contributed by atoms with Gasteiger partial charge in [-0.15, -0.1) is 0 Å². The van der Waals surface area contributed by atoms with E-state index in [1.54, 1.807) is 48.5 Å². The number of rotatable bonds is 7. The smallest absolute Gasteiger partial charge is 0.210 e. The summed E-state index contributed by atoms with van der Waals surface area (Å²) >= 11 is 0. The fraction of sp³-hybridized carbons (Fsp3) is 0.0588. The van der Waals surface area contributed by atoms with Crippen LogP contribution in [0, 0.1) is 0 Å². The highest BCUT2D eigenvalue weighted by atomic mass is 32.2. The molecule has 8 aromatic carbocycles. The molecule has 0 amide bonds. The number of hydrogen-bond acceptors (Lipinski definition) is 6. The van der Waals surface area contributed by atoms with E-state index in [-0.39, 0.29) is 9.79 Å². The summed E-state index contributed by atoms with van der Waals surface area (Å²) in [5, 5.41) is 2.34. The number of para-hydroxylation sites is 4. The van der Waals surface area contributed by atoms with E-state index in [2.05, 4.69) is 89.6 Å². The van der Waals surface area contributed by atoms with Gasteiger partial charge in [-0.25, -0.2) is 16.8 Å². The van der Waals surface area contributed by atoms with E-state index in [9.17, 15) is 16.8 Å². The van der Waals surface area contributed by atoms with Crippen LogP contribution in [0.4, 0.5) is 34.1 Å². The van der Waals surface area contributed by atoms with Crippen LogP contribution in [0.25, 0.3) is 0 Å². The molecule has 10 rings (SSSR count). The lowest BCUT2D eigenvalue weighted by Gasteiger charge is -2.36. The third-order valence-corrected chi connectivity index (χ3v) is 19.2. The highest BCUT2D eigenvalue weighted by Gasteiger charge is 2.39. The molecule has 0 saturated heterocycles. The molecule has 0 radical (unpaired) electrons. The zero-order valence-corrected chi connectivity index (χ0v) is 35.6. The first kappa shape index (κ1) is 37.7. The molecule has 0 aliphatic carbocycles. The molecule has 9 heteroatoms. The molecule has 0 saturated carbocycles. The number of anilines is 6. The molecule has 2 aliphatic rings. The standard InChI is InChI=1S/C51H40N2O4S2Si/c1-60(2,41-31-29-39(30-32-41)52(37-17-5-3-6-18-37)38-19-7-4-8-20-38)42-34-36(51-43-21-9-13-25-47(43)58(54,55)48-26-14-10-22-44(48)51)33-40(35-42)53-45-23-11-15-27-49(45)59(56,57)50-28-16-12-24-46(50)53/h3-35,51H,1-2H3. The van der Waals surface area contributed by atoms with E-state index in [1.807, 2.05) is 84.9 Å². The largest absolute Gasteiger partial charge is 0.311 e. The van der Waals surface area contributed by atoms with Crippen molar-refractivity contribution in [3.63, 3.8) is 0 Å². The molecule has 0 bridgehead atoms. The van der Waals surface area contributed by atoms with Gasteiger partial charge in [0.1, 0.15) is 8.07 Å². The first-order valence-corrected chi connectivity index (χ1v) is 25.8. The van der Waals surface area contributed by atoms with Gasteiger partial charge in [-0.3, -0.25) is 0 Å². The van der Waals surface area contributed by atoms with Gasteiger partial charge in [-0.1, -0.05) is 139 Å². The van der Waals surface area contributed by atoms with Crippen molar-refractivity contribution in [1.82, 2.24) is 0 Å². The summed E-state index contributed by atoms with van der Waals surface area (Å²) in [6.07, 6.45) is 0. The monoisotopic (exact) mass is 836 g/mol. The molecular formula is C51H40N2O4S2Si. The lowest BCUT2D eigenvalue weighted by molar-refractivity contribution is 0.589. The van der Waals surface area contributed by atoms with E-state index in [4.69, 9.17) is 0 Å². The number of hydrogen-bond donors (Lipinski definition) is 0. The summed E-state index contributed by atoms with van der Waals surface area (Å²) in [6, 6.07) is 65.1. The lowest BCUT2D eigenvalue weighted by atomic mass is 9.84.